The molecule has 1 fully saturated rings. The summed E-state index contributed by atoms with van der Waals surface area (Å²) in [6, 6.07) is 14.9. The van der Waals surface area contributed by atoms with E-state index in [0.29, 0.717) is 50.3 Å². The van der Waals surface area contributed by atoms with Crippen molar-refractivity contribution in [3.05, 3.63) is 59.7 Å². The summed E-state index contributed by atoms with van der Waals surface area (Å²) in [5.41, 5.74) is 0.858. The number of ether oxygens (including phenoxy) is 2. The van der Waals surface area contributed by atoms with Gasteiger partial charge in [-0.15, -0.1) is 0 Å². The van der Waals surface area contributed by atoms with Gasteiger partial charge in [-0.25, -0.2) is 0 Å². The van der Waals surface area contributed by atoms with E-state index in [2.05, 4.69) is 0 Å². The molecule has 0 spiro atoms. The normalized spacial score (nSPS) is 15.6. The van der Waals surface area contributed by atoms with Crippen LogP contribution in [0, 0.1) is 0 Å². The van der Waals surface area contributed by atoms with E-state index in [4.69, 9.17) is 9.47 Å². The number of aryl methyl sites for hydroxylation is 1. The molecule has 1 aliphatic rings. The monoisotopic (exact) mass is 397 g/mol. The first-order valence-corrected chi connectivity index (χ1v) is 9.77. The minimum atomic E-state index is -0.918. The van der Waals surface area contributed by atoms with E-state index in [1.807, 2.05) is 42.5 Å². The second kappa shape index (κ2) is 8.99. The molecule has 0 radical (unpaired) electrons. The van der Waals surface area contributed by atoms with E-state index in [1.165, 1.54) is 0 Å². The molecule has 1 amide bonds. The highest BCUT2D eigenvalue weighted by Crippen LogP contribution is 2.36. The average molecular weight is 397 g/mol. The van der Waals surface area contributed by atoms with Gasteiger partial charge in [0.25, 0.3) is 0 Å². The summed E-state index contributed by atoms with van der Waals surface area (Å²) in [5.74, 6) is 0.607. The van der Waals surface area contributed by atoms with E-state index in [1.54, 1.807) is 25.2 Å². The van der Waals surface area contributed by atoms with Crippen LogP contribution in [0.15, 0.2) is 48.5 Å². The Morgan fingerprint density at radius 3 is 2.10 bits per heavy atom. The third-order valence-electron chi connectivity index (χ3n) is 5.74. The summed E-state index contributed by atoms with van der Waals surface area (Å²) < 4.78 is 10.6. The van der Waals surface area contributed by atoms with E-state index in [-0.39, 0.29) is 5.91 Å². The lowest BCUT2D eigenvalue weighted by Gasteiger charge is -2.39. The summed E-state index contributed by atoms with van der Waals surface area (Å²) in [4.78, 5) is 26.6. The Morgan fingerprint density at radius 2 is 1.59 bits per heavy atom. The molecular formula is C23H27NO5. The van der Waals surface area contributed by atoms with Crippen LogP contribution in [0.4, 0.5) is 0 Å². The Hall–Kier alpha value is -3.02. The number of likely N-dealkylation sites (tertiary alicyclic amines) is 1. The summed E-state index contributed by atoms with van der Waals surface area (Å²) in [7, 11) is 3.19. The largest absolute Gasteiger partial charge is 0.497 e. The van der Waals surface area contributed by atoms with Gasteiger partial charge in [-0.3, -0.25) is 9.59 Å². The van der Waals surface area contributed by atoms with Gasteiger partial charge < -0.3 is 19.5 Å². The van der Waals surface area contributed by atoms with Crippen LogP contribution in [0.3, 0.4) is 0 Å². The molecule has 2 aromatic rings. The molecule has 0 saturated carbocycles. The van der Waals surface area contributed by atoms with Gasteiger partial charge in [0, 0.05) is 25.6 Å². The number of nitrogens with zero attached hydrogens (tertiary/aromatic N) is 1. The first-order chi connectivity index (χ1) is 14.0. The van der Waals surface area contributed by atoms with Crippen molar-refractivity contribution in [3.63, 3.8) is 0 Å². The number of carboxylic acid groups (broad SMARTS) is 1. The zero-order valence-corrected chi connectivity index (χ0v) is 16.9. The number of carbonyl (C=O) groups excluding carboxylic acids is 1. The topological polar surface area (TPSA) is 76.1 Å². The minimum Gasteiger partial charge on any atom is -0.497 e. The van der Waals surface area contributed by atoms with E-state index >= 15 is 0 Å². The number of methoxy groups -OCH3 is 2. The molecule has 29 heavy (non-hydrogen) atoms. The van der Waals surface area contributed by atoms with Gasteiger partial charge in [0.05, 0.1) is 19.6 Å². The Labute approximate surface area is 171 Å². The highest BCUT2D eigenvalue weighted by atomic mass is 16.5. The van der Waals surface area contributed by atoms with Crippen LogP contribution in [-0.4, -0.2) is 49.2 Å². The molecule has 0 unspecified atom stereocenters. The van der Waals surface area contributed by atoms with Crippen LogP contribution in [0.2, 0.25) is 0 Å². The fraction of sp³-hybridized carbons (Fsp3) is 0.391. The minimum absolute atomic E-state index is 0.0406. The van der Waals surface area contributed by atoms with E-state index < -0.39 is 11.4 Å². The van der Waals surface area contributed by atoms with Crippen molar-refractivity contribution in [1.29, 1.82) is 0 Å². The quantitative estimate of drug-likeness (QED) is 0.776. The van der Waals surface area contributed by atoms with Gasteiger partial charge in [-0.1, -0.05) is 30.3 Å². The van der Waals surface area contributed by atoms with Crippen LogP contribution in [0.5, 0.6) is 11.5 Å². The zero-order valence-electron chi connectivity index (χ0n) is 16.9. The van der Waals surface area contributed by atoms with Crippen molar-refractivity contribution in [2.75, 3.05) is 27.3 Å². The maximum absolute atomic E-state index is 12.7. The number of rotatable bonds is 7. The first kappa shape index (κ1) is 20.7. The number of benzene rings is 2. The van der Waals surface area contributed by atoms with Crippen molar-refractivity contribution >= 4 is 11.9 Å². The molecule has 0 aliphatic carbocycles. The summed E-state index contributed by atoms with van der Waals surface area (Å²) in [5, 5.41) is 9.89. The van der Waals surface area contributed by atoms with E-state index in [9.17, 15) is 14.7 Å². The predicted octanol–water partition coefficient (Wildman–Crippen LogP) is 3.28. The second-order valence-corrected chi connectivity index (χ2v) is 7.35. The van der Waals surface area contributed by atoms with Crippen molar-refractivity contribution in [1.82, 2.24) is 4.90 Å². The van der Waals surface area contributed by atoms with Gasteiger partial charge in [0.2, 0.25) is 5.91 Å². The van der Waals surface area contributed by atoms with Crippen molar-refractivity contribution in [2.24, 2.45) is 0 Å². The van der Waals surface area contributed by atoms with Gasteiger partial charge in [-0.2, -0.15) is 0 Å². The Balaban J connectivity index is 1.62. The lowest BCUT2D eigenvalue weighted by atomic mass is 9.73. The molecule has 1 N–H and O–H groups in total. The Bertz CT molecular complexity index is 835. The van der Waals surface area contributed by atoms with Crippen molar-refractivity contribution in [2.45, 2.75) is 31.1 Å². The number of aliphatic carboxylic acids is 1. The number of carbonyl (C=O) groups is 2. The zero-order chi connectivity index (χ0) is 20.9. The number of carboxylic acids is 1. The van der Waals surface area contributed by atoms with Gasteiger partial charge >= 0.3 is 5.97 Å². The average Bonchev–Trinajstić information content (AvgIpc) is 2.77. The summed E-state index contributed by atoms with van der Waals surface area (Å²) >= 11 is 0. The highest BCUT2D eigenvalue weighted by molar-refractivity contribution is 5.82. The molecule has 154 valence electrons. The first-order valence-electron chi connectivity index (χ1n) is 9.77. The van der Waals surface area contributed by atoms with Gasteiger partial charge in [0.15, 0.2) is 0 Å². The molecule has 3 rings (SSSR count). The van der Waals surface area contributed by atoms with Crippen LogP contribution in [0.1, 0.15) is 30.4 Å². The van der Waals surface area contributed by atoms with Crippen LogP contribution in [-0.2, 0) is 21.4 Å². The smallest absolute Gasteiger partial charge is 0.314 e. The lowest BCUT2D eigenvalue weighted by molar-refractivity contribution is -0.148. The van der Waals surface area contributed by atoms with Crippen molar-refractivity contribution in [3.8, 4) is 11.5 Å². The second-order valence-electron chi connectivity index (χ2n) is 7.35. The van der Waals surface area contributed by atoms with Crippen LogP contribution in [0.25, 0.3) is 0 Å². The van der Waals surface area contributed by atoms with Crippen LogP contribution < -0.4 is 9.47 Å². The maximum atomic E-state index is 12.7. The highest BCUT2D eigenvalue weighted by Gasteiger charge is 2.43. The number of piperidine rings is 1. The molecule has 0 bridgehead atoms. The summed E-state index contributed by atoms with van der Waals surface area (Å²) in [6.07, 6.45) is 1.78. The third kappa shape index (κ3) is 4.53. The number of hydrogen-bond acceptors (Lipinski definition) is 4. The van der Waals surface area contributed by atoms with Crippen molar-refractivity contribution < 1.29 is 24.2 Å². The molecular weight excluding hydrogens is 370 g/mol. The lowest BCUT2D eigenvalue weighted by Crippen LogP contribution is -2.49. The molecule has 2 aromatic carbocycles. The van der Waals surface area contributed by atoms with E-state index in [0.717, 1.165) is 11.1 Å². The molecule has 0 aromatic heterocycles. The fourth-order valence-corrected chi connectivity index (χ4v) is 3.94. The molecule has 6 nitrogen and oxygen atoms in total. The standard InChI is InChI=1S/C23H27NO5/c1-28-19-14-17(15-20(16-19)29-2)8-9-21(25)24-12-10-23(11-13-24,22(26)27)18-6-4-3-5-7-18/h3-7,14-16H,8-13H2,1-2H3,(H,26,27). The van der Waals surface area contributed by atoms with Crippen LogP contribution >= 0.6 is 0 Å². The molecule has 6 heteroatoms. The molecule has 0 atom stereocenters. The third-order valence-corrected chi connectivity index (χ3v) is 5.74. The Morgan fingerprint density at radius 1 is 1.00 bits per heavy atom. The maximum Gasteiger partial charge on any atom is 0.314 e. The molecule has 1 heterocycles. The summed E-state index contributed by atoms with van der Waals surface area (Å²) in [6.45, 7) is 0.892. The predicted molar refractivity (Wildman–Crippen MR) is 109 cm³/mol. The number of amides is 1. The fourth-order valence-electron chi connectivity index (χ4n) is 3.94. The molecule has 1 aliphatic heterocycles. The SMILES string of the molecule is COc1cc(CCC(=O)N2CCC(C(=O)O)(c3ccccc3)CC2)cc(OC)c1. The van der Waals surface area contributed by atoms with Gasteiger partial charge in [0.1, 0.15) is 11.5 Å². The molecule has 1 saturated heterocycles. The Kier molecular flexibility index (Phi) is 6.42. The van der Waals surface area contributed by atoms with Gasteiger partial charge in [-0.05, 0) is 42.5 Å². The number of hydrogen-bond donors (Lipinski definition) is 1.